The molecule has 2 unspecified atom stereocenters. The second-order valence-corrected chi connectivity index (χ2v) is 9.41. The number of amides is 2. The fraction of sp³-hybridized carbons (Fsp3) is 0.462. The first-order valence-corrected chi connectivity index (χ1v) is 11.9. The van der Waals surface area contributed by atoms with Gasteiger partial charge in [0.2, 0.25) is 11.8 Å². The van der Waals surface area contributed by atoms with Gasteiger partial charge in [-0.25, -0.2) is 0 Å². The minimum absolute atomic E-state index is 0.0170. The van der Waals surface area contributed by atoms with Gasteiger partial charge in [0.15, 0.2) is 0 Å². The molecule has 2 fully saturated rings. The SMILES string of the molecule is CCC1=C(CN2CCN3C(=O)CN(Cc4ccc(C(F)(F)F)cc4)C(=O)C3C2)C2C=CC=C[C@@H]2O1. The molecule has 3 atom stereocenters. The number of piperazine rings is 2. The van der Waals surface area contributed by atoms with Crippen molar-refractivity contribution in [1.82, 2.24) is 14.7 Å². The summed E-state index contributed by atoms with van der Waals surface area (Å²) in [5.41, 5.74) is 1.05. The first kappa shape index (κ1) is 23.7. The van der Waals surface area contributed by atoms with Gasteiger partial charge in [-0.3, -0.25) is 14.5 Å². The predicted molar refractivity (Wildman–Crippen MR) is 123 cm³/mol. The Bertz CT molecular complexity index is 1090. The summed E-state index contributed by atoms with van der Waals surface area (Å²) in [5.74, 6) is 0.889. The minimum Gasteiger partial charge on any atom is -0.490 e. The number of fused-ring (bicyclic) bond motifs is 2. The van der Waals surface area contributed by atoms with Crippen LogP contribution in [0.2, 0.25) is 0 Å². The average molecular weight is 488 g/mol. The molecule has 2 saturated heterocycles. The Labute approximate surface area is 202 Å². The van der Waals surface area contributed by atoms with E-state index < -0.39 is 17.8 Å². The van der Waals surface area contributed by atoms with E-state index in [1.54, 1.807) is 4.90 Å². The number of ether oxygens (including phenoxy) is 1. The molecule has 0 bridgehead atoms. The van der Waals surface area contributed by atoms with E-state index in [1.807, 2.05) is 12.2 Å². The lowest BCUT2D eigenvalue weighted by Crippen LogP contribution is -2.66. The van der Waals surface area contributed by atoms with Crippen LogP contribution in [-0.2, 0) is 27.0 Å². The Kier molecular flexibility index (Phi) is 6.21. The van der Waals surface area contributed by atoms with Gasteiger partial charge in [0.1, 0.15) is 18.7 Å². The maximum absolute atomic E-state index is 13.3. The van der Waals surface area contributed by atoms with Crippen molar-refractivity contribution in [3.63, 3.8) is 0 Å². The number of benzene rings is 1. The third kappa shape index (κ3) is 4.61. The number of nitrogens with zero attached hydrogens (tertiary/aromatic N) is 3. The maximum Gasteiger partial charge on any atom is 0.416 e. The van der Waals surface area contributed by atoms with Crippen LogP contribution in [0.5, 0.6) is 0 Å². The minimum atomic E-state index is -4.41. The molecule has 9 heteroatoms. The van der Waals surface area contributed by atoms with Gasteiger partial charge in [-0.1, -0.05) is 37.3 Å². The highest BCUT2D eigenvalue weighted by atomic mass is 19.4. The van der Waals surface area contributed by atoms with E-state index in [2.05, 4.69) is 24.0 Å². The first-order chi connectivity index (χ1) is 16.7. The summed E-state index contributed by atoms with van der Waals surface area (Å²) in [6, 6.07) is 4.14. The highest BCUT2D eigenvalue weighted by molar-refractivity contribution is 5.95. The lowest BCUT2D eigenvalue weighted by Gasteiger charge is -2.46. The molecule has 3 aliphatic heterocycles. The first-order valence-electron chi connectivity index (χ1n) is 11.9. The molecule has 186 valence electrons. The molecule has 0 aromatic heterocycles. The molecule has 3 heterocycles. The average Bonchev–Trinajstić information content (AvgIpc) is 3.19. The summed E-state index contributed by atoms with van der Waals surface area (Å²) in [6.45, 7) is 4.36. The summed E-state index contributed by atoms with van der Waals surface area (Å²) in [4.78, 5) is 31.5. The third-order valence-corrected chi connectivity index (χ3v) is 7.20. The molecule has 4 aliphatic rings. The van der Waals surface area contributed by atoms with Crippen LogP contribution >= 0.6 is 0 Å². The Morgan fingerprint density at radius 3 is 2.49 bits per heavy atom. The summed E-state index contributed by atoms with van der Waals surface area (Å²) in [5, 5.41) is 0. The number of halogens is 3. The smallest absolute Gasteiger partial charge is 0.416 e. The zero-order valence-electron chi connectivity index (χ0n) is 19.5. The fourth-order valence-corrected chi connectivity index (χ4v) is 5.37. The molecule has 1 aromatic rings. The second kappa shape index (κ2) is 9.18. The normalized spacial score (nSPS) is 26.8. The quantitative estimate of drug-likeness (QED) is 0.639. The summed E-state index contributed by atoms with van der Waals surface area (Å²) in [7, 11) is 0. The van der Waals surface area contributed by atoms with E-state index in [0.29, 0.717) is 31.7 Å². The van der Waals surface area contributed by atoms with Crippen molar-refractivity contribution in [2.45, 2.75) is 38.2 Å². The van der Waals surface area contributed by atoms with Gasteiger partial charge in [0.25, 0.3) is 0 Å². The number of hydrogen-bond donors (Lipinski definition) is 0. The largest absolute Gasteiger partial charge is 0.490 e. The Hall–Kier alpha value is -3.07. The molecule has 5 rings (SSSR count). The van der Waals surface area contributed by atoms with Crippen molar-refractivity contribution in [1.29, 1.82) is 0 Å². The zero-order valence-corrected chi connectivity index (χ0v) is 19.5. The topological polar surface area (TPSA) is 53.1 Å². The highest BCUT2D eigenvalue weighted by Gasteiger charge is 2.43. The van der Waals surface area contributed by atoms with Gasteiger partial charge < -0.3 is 14.5 Å². The summed E-state index contributed by atoms with van der Waals surface area (Å²) in [6.07, 6.45) is 4.64. The molecular weight excluding hydrogens is 459 g/mol. The molecule has 35 heavy (non-hydrogen) atoms. The van der Waals surface area contributed by atoms with Crippen molar-refractivity contribution in [2.24, 2.45) is 5.92 Å². The Morgan fingerprint density at radius 1 is 1.03 bits per heavy atom. The van der Waals surface area contributed by atoms with Crippen LogP contribution in [0.25, 0.3) is 0 Å². The molecule has 0 spiro atoms. The van der Waals surface area contributed by atoms with Crippen LogP contribution in [-0.4, -0.2) is 71.4 Å². The summed E-state index contributed by atoms with van der Waals surface area (Å²) >= 11 is 0. The lowest BCUT2D eigenvalue weighted by molar-refractivity contribution is -0.160. The van der Waals surface area contributed by atoms with E-state index >= 15 is 0 Å². The van der Waals surface area contributed by atoms with Crippen LogP contribution < -0.4 is 0 Å². The second-order valence-electron chi connectivity index (χ2n) is 9.41. The molecule has 1 aromatic carbocycles. The standard InChI is InChI=1S/C26H28F3N3O3/c1-2-22-20(19-5-3-4-6-23(19)35-22)14-30-11-12-32-21(15-30)25(34)31(16-24(32)33)13-17-7-9-18(10-8-17)26(27,28)29/h3-10,19,21,23H,2,11-16H2,1H3/t19?,21?,23-/m0/s1. The van der Waals surface area contributed by atoms with Crippen molar-refractivity contribution in [3.8, 4) is 0 Å². The number of hydrogen-bond acceptors (Lipinski definition) is 4. The van der Waals surface area contributed by atoms with E-state index in [1.165, 1.54) is 22.6 Å². The Balaban J connectivity index is 1.27. The van der Waals surface area contributed by atoms with E-state index in [9.17, 15) is 22.8 Å². The van der Waals surface area contributed by atoms with Gasteiger partial charge in [0.05, 0.1) is 11.3 Å². The van der Waals surface area contributed by atoms with Crippen molar-refractivity contribution < 1.29 is 27.5 Å². The molecule has 6 nitrogen and oxygen atoms in total. The molecule has 0 N–H and O–H groups in total. The molecule has 1 aliphatic carbocycles. The van der Waals surface area contributed by atoms with Crippen LogP contribution in [0.1, 0.15) is 24.5 Å². The van der Waals surface area contributed by atoms with Crippen LogP contribution in [0.3, 0.4) is 0 Å². The van der Waals surface area contributed by atoms with Gasteiger partial charge in [0, 0.05) is 45.1 Å². The van der Waals surface area contributed by atoms with E-state index in [4.69, 9.17) is 4.74 Å². The van der Waals surface area contributed by atoms with Gasteiger partial charge in [-0.05, 0) is 29.3 Å². The molecular formula is C26H28F3N3O3. The highest BCUT2D eigenvalue weighted by Crippen LogP contribution is 2.37. The van der Waals surface area contributed by atoms with Gasteiger partial charge in [-0.15, -0.1) is 0 Å². The monoisotopic (exact) mass is 487 g/mol. The van der Waals surface area contributed by atoms with Gasteiger partial charge in [-0.2, -0.15) is 13.2 Å². The predicted octanol–water partition coefficient (Wildman–Crippen LogP) is 3.37. The van der Waals surface area contributed by atoms with Crippen LogP contribution in [0.15, 0.2) is 59.9 Å². The summed E-state index contributed by atoms with van der Waals surface area (Å²) < 4.78 is 44.7. The van der Waals surface area contributed by atoms with Gasteiger partial charge >= 0.3 is 6.18 Å². The molecule has 2 amide bonds. The number of carbonyl (C=O) groups excluding carboxylic acids is 2. The number of carbonyl (C=O) groups is 2. The maximum atomic E-state index is 13.3. The van der Waals surface area contributed by atoms with E-state index in [-0.39, 0.29) is 36.9 Å². The van der Waals surface area contributed by atoms with Crippen molar-refractivity contribution in [2.75, 3.05) is 32.7 Å². The van der Waals surface area contributed by atoms with Crippen LogP contribution in [0.4, 0.5) is 13.2 Å². The van der Waals surface area contributed by atoms with Crippen LogP contribution in [0, 0.1) is 5.92 Å². The number of rotatable bonds is 5. The fourth-order valence-electron chi connectivity index (χ4n) is 5.37. The van der Waals surface area contributed by atoms with Crippen molar-refractivity contribution in [3.05, 3.63) is 71.0 Å². The van der Waals surface area contributed by atoms with E-state index in [0.717, 1.165) is 24.3 Å². The van der Waals surface area contributed by atoms with Crippen molar-refractivity contribution >= 4 is 11.8 Å². The molecule has 0 saturated carbocycles. The lowest BCUT2D eigenvalue weighted by atomic mass is 9.90. The molecule has 0 radical (unpaired) electrons. The number of alkyl halides is 3. The zero-order chi connectivity index (χ0) is 24.7. The number of allylic oxidation sites excluding steroid dienone is 3. The Morgan fingerprint density at radius 2 is 1.77 bits per heavy atom. The third-order valence-electron chi connectivity index (χ3n) is 7.20.